The second-order valence-electron chi connectivity index (χ2n) is 8.28. The van der Waals surface area contributed by atoms with Crippen molar-refractivity contribution in [1.82, 2.24) is 15.1 Å². The first-order valence-corrected chi connectivity index (χ1v) is 10.5. The third kappa shape index (κ3) is 6.23. The van der Waals surface area contributed by atoms with Gasteiger partial charge in [-0.2, -0.15) is 0 Å². The van der Waals surface area contributed by atoms with Crippen LogP contribution in [0.1, 0.15) is 51.4 Å². The van der Waals surface area contributed by atoms with E-state index in [1.165, 1.54) is 64.5 Å². The fraction of sp³-hybridized carbons (Fsp3) is 0.950. The zero-order valence-corrected chi connectivity index (χ0v) is 19.1. The lowest BCUT2D eigenvalue weighted by atomic mass is 9.89. The van der Waals surface area contributed by atoms with E-state index in [2.05, 4.69) is 20.1 Å². The number of ether oxygens (including phenoxy) is 1. The third-order valence-corrected chi connectivity index (χ3v) is 6.41. The van der Waals surface area contributed by atoms with Crippen LogP contribution in [0, 0.1) is 11.8 Å². The topological polar surface area (TPSA) is 40.1 Å². The average Bonchev–Trinajstić information content (AvgIpc) is 3.27. The Hall–Kier alpha value is -0.0800. The van der Waals surface area contributed by atoms with Crippen LogP contribution in [0.3, 0.4) is 0 Å². The van der Waals surface area contributed by atoms with Crippen molar-refractivity contribution in [3.63, 3.8) is 0 Å². The standard InChI is InChI=1S/C20H38N4O.HI/c1-21-20(24-12-10-18(15-24)16-25-2)22-13-19-9-6-11-23(19)14-17-7-4-3-5-8-17;/h17-19H,3-16H2,1-2H3,(H,21,22);1H. The quantitative estimate of drug-likeness (QED) is 0.362. The van der Waals surface area contributed by atoms with Gasteiger partial charge in [-0.25, -0.2) is 0 Å². The minimum absolute atomic E-state index is 0. The molecule has 0 aromatic rings. The summed E-state index contributed by atoms with van der Waals surface area (Å²) in [6.07, 6.45) is 11.2. The lowest BCUT2D eigenvalue weighted by Gasteiger charge is -2.32. The molecule has 2 atom stereocenters. The molecule has 5 nitrogen and oxygen atoms in total. The predicted octanol–water partition coefficient (Wildman–Crippen LogP) is 3.19. The molecule has 2 saturated heterocycles. The average molecular weight is 478 g/mol. The largest absolute Gasteiger partial charge is 0.384 e. The van der Waals surface area contributed by atoms with Gasteiger partial charge in [0.05, 0.1) is 6.61 Å². The second-order valence-corrected chi connectivity index (χ2v) is 8.28. The van der Waals surface area contributed by atoms with Crippen LogP contribution in [0.5, 0.6) is 0 Å². The first-order valence-electron chi connectivity index (χ1n) is 10.5. The van der Waals surface area contributed by atoms with E-state index < -0.39 is 0 Å². The van der Waals surface area contributed by atoms with E-state index in [4.69, 9.17) is 4.74 Å². The van der Waals surface area contributed by atoms with E-state index in [9.17, 15) is 0 Å². The molecule has 3 rings (SSSR count). The van der Waals surface area contributed by atoms with Crippen LogP contribution in [0.4, 0.5) is 0 Å². The third-order valence-electron chi connectivity index (χ3n) is 6.41. The molecule has 26 heavy (non-hydrogen) atoms. The zero-order chi connectivity index (χ0) is 17.5. The summed E-state index contributed by atoms with van der Waals surface area (Å²) in [5, 5.41) is 3.68. The molecule has 0 radical (unpaired) electrons. The second kappa shape index (κ2) is 11.7. The summed E-state index contributed by atoms with van der Waals surface area (Å²) < 4.78 is 5.32. The van der Waals surface area contributed by atoms with Gasteiger partial charge in [-0.3, -0.25) is 9.89 Å². The van der Waals surface area contributed by atoms with Gasteiger partial charge in [-0.05, 0) is 44.6 Å². The zero-order valence-electron chi connectivity index (χ0n) is 16.8. The van der Waals surface area contributed by atoms with Crippen molar-refractivity contribution in [3.05, 3.63) is 0 Å². The number of aliphatic imine (C=N–C) groups is 1. The van der Waals surface area contributed by atoms with Crippen LogP contribution < -0.4 is 5.32 Å². The van der Waals surface area contributed by atoms with Crippen LogP contribution in [-0.4, -0.2) is 75.3 Å². The first-order chi connectivity index (χ1) is 12.3. The van der Waals surface area contributed by atoms with Gasteiger partial charge in [-0.1, -0.05) is 19.3 Å². The van der Waals surface area contributed by atoms with E-state index in [0.717, 1.165) is 38.1 Å². The summed E-state index contributed by atoms with van der Waals surface area (Å²) in [4.78, 5) is 9.70. The molecule has 1 saturated carbocycles. The molecular formula is C20H39IN4O. The molecule has 1 N–H and O–H groups in total. The monoisotopic (exact) mass is 478 g/mol. The van der Waals surface area contributed by atoms with E-state index >= 15 is 0 Å². The van der Waals surface area contributed by atoms with E-state index in [0.29, 0.717) is 12.0 Å². The van der Waals surface area contributed by atoms with Gasteiger partial charge >= 0.3 is 0 Å². The van der Waals surface area contributed by atoms with Crippen LogP contribution in [-0.2, 0) is 4.74 Å². The van der Waals surface area contributed by atoms with E-state index in [1.54, 1.807) is 7.11 Å². The number of rotatable bonds is 6. The van der Waals surface area contributed by atoms with Crippen molar-refractivity contribution in [3.8, 4) is 0 Å². The lowest BCUT2D eigenvalue weighted by molar-refractivity contribution is 0.157. The van der Waals surface area contributed by atoms with Crippen LogP contribution in [0.2, 0.25) is 0 Å². The molecule has 3 fully saturated rings. The molecular weight excluding hydrogens is 439 g/mol. The number of halogens is 1. The summed E-state index contributed by atoms with van der Waals surface area (Å²) in [5.74, 6) is 2.68. The normalized spacial score (nSPS) is 28.4. The van der Waals surface area contributed by atoms with E-state index in [-0.39, 0.29) is 24.0 Å². The van der Waals surface area contributed by atoms with Crippen molar-refractivity contribution in [2.45, 2.75) is 57.4 Å². The summed E-state index contributed by atoms with van der Waals surface area (Å²) in [6.45, 7) is 6.70. The summed E-state index contributed by atoms with van der Waals surface area (Å²) in [5.41, 5.74) is 0. The van der Waals surface area contributed by atoms with Gasteiger partial charge in [0, 0.05) is 52.3 Å². The maximum Gasteiger partial charge on any atom is 0.193 e. The molecule has 0 spiro atoms. The smallest absolute Gasteiger partial charge is 0.193 e. The highest BCUT2D eigenvalue weighted by Crippen LogP contribution is 2.27. The summed E-state index contributed by atoms with van der Waals surface area (Å²) in [7, 11) is 3.72. The first kappa shape index (κ1) is 22.2. The number of likely N-dealkylation sites (tertiary alicyclic amines) is 2. The predicted molar refractivity (Wildman–Crippen MR) is 120 cm³/mol. The van der Waals surface area contributed by atoms with Crippen molar-refractivity contribution in [1.29, 1.82) is 0 Å². The molecule has 3 aliphatic rings. The van der Waals surface area contributed by atoms with Gasteiger partial charge in [0.2, 0.25) is 0 Å². The molecule has 6 heteroatoms. The van der Waals surface area contributed by atoms with Crippen LogP contribution in [0.25, 0.3) is 0 Å². The molecule has 1 aliphatic carbocycles. The Balaban J connectivity index is 0.00000243. The van der Waals surface area contributed by atoms with Gasteiger partial charge in [0.25, 0.3) is 0 Å². The SMILES string of the molecule is CN=C(NCC1CCCN1CC1CCCCC1)N1CCC(COC)C1.I. The Morgan fingerprint density at radius 2 is 1.85 bits per heavy atom. The maximum atomic E-state index is 5.32. The molecule has 2 unspecified atom stereocenters. The number of hydrogen-bond acceptors (Lipinski definition) is 3. The Labute approximate surface area is 177 Å². The number of nitrogens with one attached hydrogen (secondary N) is 1. The molecule has 0 bridgehead atoms. The number of guanidine groups is 1. The summed E-state index contributed by atoms with van der Waals surface area (Å²) >= 11 is 0. The maximum absolute atomic E-state index is 5.32. The fourth-order valence-corrected chi connectivity index (χ4v) is 5.01. The minimum atomic E-state index is 0. The fourth-order valence-electron chi connectivity index (χ4n) is 5.01. The highest BCUT2D eigenvalue weighted by atomic mass is 127. The molecule has 0 aromatic heterocycles. The van der Waals surface area contributed by atoms with Crippen LogP contribution in [0.15, 0.2) is 4.99 Å². The Morgan fingerprint density at radius 1 is 1.04 bits per heavy atom. The Bertz CT molecular complexity index is 428. The number of nitrogens with zero attached hydrogens (tertiary/aromatic N) is 3. The van der Waals surface area contributed by atoms with Crippen molar-refractivity contribution >= 4 is 29.9 Å². The van der Waals surface area contributed by atoms with Gasteiger partial charge in [-0.15, -0.1) is 24.0 Å². The molecule has 0 aromatic carbocycles. The van der Waals surface area contributed by atoms with Crippen molar-refractivity contribution in [2.24, 2.45) is 16.8 Å². The highest BCUT2D eigenvalue weighted by Gasteiger charge is 2.29. The van der Waals surface area contributed by atoms with Gasteiger partial charge < -0.3 is 15.0 Å². The number of methoxy groups -OCH3 is 1. The molecule has 2 heterocycles. The Morgan fingerprint density at radius 3 is 2.58 bits per heavy atom. The molecule has 2 aliphatic heterocycles. The van der Waals surface area contributed by atoms with E-state index in [1.807, 2.05) is 7.05 Å². The van der Waals surface area contributed by atoms with Crippen LogP contribution >= 0.6 is 24.0 Å². The Kier molecular flexibility index (Phi) is 9.99. The number of hydrogen-bond donors (Lipinski definition) is 1. The lowest BCUT2D eigenvalue weighted by Crippen LogP contribution is -2.47. The molecule has 152 valence electrons. The van der Waals surface area contributed by atoms with Gasteiger partial charge in [0.1, 0.15) is 0 Å². The van der Waals surface area contributed by atoms with Crippen molar-refractivity contribution in [2.75, 3.05) is 53.5 Å². The summed E-state index contributed by atoms with van der Waals surface area (Å²) in [6, 6.07) is 0.691. The van der Waals surface area contributed by atoms with Gasteiger partial charge in [0.15, 0.2) is 5.96 Å². The molecule has 0 amide bonds. The minimum Gasteiger partial charge on any atom is -0.384 e. The van der Waals surface area contributed by atoms with Crippen molar-refractivity contribution < 1.29 is 4.74 Å². The highest BCUT2D eigenvalue weighted by molar-refractivity contribution is 14.0.